The van der Waals surface area contributed by atoms with E-state index in [0.29, 0.717) is 25.3 Å². The largest absolute Gasteiger partial charge is 0.350 e. The monoisotopic (exact) mass is 541 g/mol. The maximum atomic E-state index is 13.9. The van der Waals surface area contributed by atoms with Crippen molar-refractivity contribution in [3.63, 3.8) is 0 Å². The average Bonchev–Trinajstić information content (AvgIpc) is 3.10. The number of nitrogens with one attached hydrogen (secondary N) is 1. The number of nitrogens with two attached hydrogens (primary N) is 1. The lowest BCUT2D eigenvalue weighted by Gasteiger charge is -2.41. The van der Waals surface area contributed by atoms with Crippen molar-refractivity contribution in [1.29, 1.82) is 0 Å². The summed E-state index contributed by atoms with van der Waals surface area (Å²) in [6.45, 7) is 1.82. The fraction of sp³-hybridized carbons (Fsp3) is 0.440. The van der Waals surface area contributed by atoms with Gasteiger partial charge in [-0.1, -0.05) is 17.7 Å². The van der Waals surface area contributed by atoms with Crippen LogP contribution < -0.4 is 11.1 Å². The Kier molecular flexibility index (Phi) is 9.32. The van der Waals surface area contributed by atoms with E-state index in [9.17, 15) is 31.2 Å². The van der Waals surface area contributed by atoms with Gasteiger partial charge < -0.3 is 16.0 Å². The van der Waals surface area contributed by atoms with Gasteiger partial charge in [0.2, 0.25) is 12.3 Å². The third-order valence-electron chi connectivity index (χ3n) is 6.86. The summed E-state index contributed by atoms with van der Waals surface area (Å²) in [6, 6.07) is 7.11. The smallest absolute Gasteiger partial charge is 0.294 e. The number of amides is 2. The lowest BCUT2D eigenvalue weighted by atomic mass is 9.82. The molecule has 3 atom stereocenters. The van der Waals surface area contributed by atoms with Gasteiger partial charge in [0, 0.05) is 24.2 Å². The zero-order chi connectivity index (χ0) is 27.3. The van der Waals surface area contributed by atoms with Crippen LogP contribution in [0.25, 0.3) is 0 Å². The standard InChI is InChI=1S/C18H22F3N3O2.C7H8O3S/c19-14-7-16(21)15(20)5-10(14)6-17(22)11-3-12-1-2-13(4-11)24(12)18(26)8-23-9-25;1-6-2-4-7(5-3-6)11(8,9)10/h5,7,9,11-13,17H,1-4,6,8,22H2,(H,23,25);2-5H,1H3,(H,8,9,10)/t11?,12?,13?,17-;/m1./s1. The summed E-state index contributed by atoms with van der Waals surface area (Å²) in [4.78, 5) is 24.4. The zero-order valence-electron chi connectivity index (χ0n) is 20.2. The van der Waals surface area contributed by atoms with Crippen molar-refractivity contribution >= 4 is 22.4 Å². The van der Waals surface area contributed by atoms with Crippen LogP contribution in [0.3, 0.4) is 0 Å². The van der Waals surface area contributed by atoms with Crippen LogP contribution in [0.15, 0.2) is 41.3 Å². The van der Waals surface area contributed by atoms with Gasteiger partial charge >= 0.3 is 0 Å². The molecule has 0 saturated carbocycles. The van der Waals surface area contributed by atoms with E-state index in [0.717, 1.165) is 24.5 Å². The van der Waals surface area contributed by atoms with Gasteiger partial charge in [-0.15, -0.1) is 0 Å². The quantitative estimate of drug-likeness (QED) is 0.281. The van der Waals surface area contributed by atoms with Gasteiger partial charge in [-0.2, -0.15) is 8.42 Å². The molecular formula is C25H30F3N3O5S. The molecule has 8 nitrogen and oxygen atoms in total. The van der Waals surface area contributed by atoms with Crippen molar-refractivity contribution in [3.8, 4) is 0 Å². The number of benzene rings is 2. The van der Waals surface area contributed by atoms with Gasteiger partial charge in [-0.05, 0) is 68.7 Å². The van der Waals surface area contributed by atoms with E-state index in [1.165, 1.54) is 12.1 Å². The predicted molar refractivity (Wildman–Crippen MR) is 129 cm³/mol. The van der Waals surface area contributed by atoms with Gasteiger partial charge in [0.25, 0.3) is 10.1 Å². The van der Waals surface area contributed by atoms with Crippen molar-refractivity contribution in [3.05, 3.63) is 65.0 Å². The average molecular weight is 542 g/mol. The Morgan fingerprint density at radius 1 is 1.11 bits per heavy atom. The maximum Gasteiger partial charge on any atom is 0.294 e. The number of carbonyl (C=O) groups excluding carboxylic acids is 2. The van der Waals surface area contributed by atoms with Crippen LogP contribution >= 0.6 is 0 Å². The lowest BCUT2D eigenvalue weighted by Crippen LogP contribution is -2.52. The molecule has 0 radical (unpaired) electrons. The minimum absolute atomic E-state index is 0.0205. The third kappa shape index (κ3) is 7.30. The van der Waals surface area contributed by atoms with Crippen molar-refractivity contribution in [2.45, 2.75) is 62.0 Å². The summed E-state index contributed by atoms with van der Waals surface area (Å²) in [5, 5.41) is 2.39. The van der Waals surface area contributed by atoms with Gasteiger partial charge in [0.1, 0.15) is 5.82 Å². The summed E-state index contributed by atoms with van der Waals surface area (Å²) in [6.07, 6.45) is 3.75. The third-order valence-corrected chi connectivity index (χ3v) is 7.73. The van der Waals surface area contributed by atoms with Crippen LogP contribution in [0.4, 0.5) is 13.2 Å². The number of carbonyl (C=O) groups is 2. The topological polar surface area (TPSA) is 130 Å². The van der Waals surface area contributed by atoms with Crippen LogP contribution in [-0.4, -0.2) is 54.9 Å². The number of hydrogen-bond acceptors (Lipinski definition) is 5. The molecule has 2 aliphatic heterocycles. The van der Waals surface area contributed by atoms with Crippen molar-refractivity contribution < 1.29 is 35.7 Å². The minimum Gasteiger partial charge on any atom is -0.350 e. The second-order valence-electron chi connectivity index (χ2n) is 9.43. The normalized spacial score (nSPS) is 21.6. The number of piperidine rings is 1. The number of aryl methyl sites for hydroxylation is 1. The predicted octanol–water partition coefficient (Wildman–Crippen LogP) is 2.73. The van der Waals surface area contributed by atoms with E-state index < -0.39 is 33.6 Å². The minimum atomic E-state index is -4.02. The summed E-state index contributed by atoms with van der Waals surface area (Å²) < 4.78 is 69.8. The molecule has 2 bridgehead atoms. The van der Waals surface area contributed by atoms with Gasteiger partial charge in [0.15, 0.2) is 11.6 Å². The molecule has 4 N–H and O–H groups in total. The fourth-order valence-corrected chi connectivity index (χ4v) is 5.53. The Balaban J connectivity index is 0.000000289. The maximum absolute atomic E-state index is 13.9. The van der Waals surface area contributed by atoms with E-state index in [1.54, 1.807) is 12.1 Å². The highest BCUT2D eigenvalue weighted by Crippen LogP contribution is 2.40. The van der Waals surface area contributed by atoms with E-state index >= 15 is 0 Å². The molecule has 2 amide bonds. The molecule has 2 fully saturated rings. The molecule has 2 aromatic carbocycles. The molecule has 0 aromatic heterocycles. The molecule has 0 spiro atoms. The van der Waals surface area contributed by atoms with Gasteiger partial charge in [-0.25, -0.2) is 13.2 Å². The first-order valence-electron chi connectivity index (χ1n) is 11.8. The number of rotatable bonds is 7. The van der Waals surface area contributed by atoms with Crippen LogP contribution in [0.2, 0.25) is 0 Å². The number of fused-ring (bicyclic) bond motifs is 2. The summed E-state index contributed by atoms with van der Waals surface area (Å²) >= 11 is 0. The SMILES string of the molecule is Cc1ccc(S(=O)(=O)O)cc1.N[C@H](Cc1cc(F)c(F)cc1F)C1CC2CCC(C1)N2C(=O)CNC=O. The van der Waals surface area contributed by atoms with E-state index in [2.05, 4.69) is 5.32 Å². The zero-order valence-corrected chi connectivity index (χ0v) is 21.1. The Labute approximate surface area is 213 Å². The van der Waals surface area contributed by atoms with E-state index in [1.807, 2.05) is 11.8 Å². The van der Waals surface area contributed by atoms with E-state index in [4.69, 9.17) is 10.3 Å². The lowest BCUT2D eigenvalue weighted by molar-refractivity contribution is -0.136. The van der Waals surface area contributed by atoms with E-state index in [-0.39, 0.29) is 47.3 Å². The summed E-state index contributed by atoms with van der Waals surface area (Å²) in [7, 11) is -4.02. The summed E-state index contributed by atoms with van der Waals surface area (Å²) in [5.74, 6) is -3.13. The highest BCUT2D eigenvalue weighted by molar-refractivity contribution is 7.85. The number of hydrogen-bond donors (Lipinski definition) is 3. The molecule has 12 heteroatoms. The van der Waals surface area contributed by atoms with Crippen LogP contribution in [0.1, 0.15) is 36.8 Å². The van der Waals surface area contributed by atoms with Gasteiger partial charge in [0.05, 0.1) is 11.4 Å². The fourth-order valence-electron chi connectivity index (χ4n) is 5.05. The van der Waals surface area contributed by atoms with Crippen molar-refractivity contribution in [1.82, 2.24) is 10.2 Å². The molecule has 4 rings (SSSR count). The second-order valence-corrected chi connectivity index (χ2v) is 10.9. The number of halogens is 3. The van der Waals surface area contributed by atoms with Crippen LogP contribution in [0, 0.1) is 30.3 Å². The van der Waals surface area contributed by atoms with Gasteiger partial charge in [-0.3, -0.25) is 14.1 Å². The first-order valence-corrected chi connectivity index (χ1v) is 13.3. The van der Waals surface area contributed by atoms with Crippen molar-refractivity contribution in [2.24, 2.45) is 11.7 Å². The molecule has 202 valence electrons. The van der Waals surface area contributed by atoms with Crippen LogP contribution in [-0.2, 0) is 26.1 Å². The van der Waals surface area contributed by atoms with Crippen LogP contribution in [0.5, 0.6) is 0 Å². The second kappa shape index (κ2) is 12.1. The first kappa shape index (κ1) is 28.6. The molecule has 37 heavy (non-hydrogen) atoms. The molecule has 0 aliphatic carbocycles. The highest BCUT2D eigenvalue weighted by atomic mass is 32.2. The number of nitrogens with zero attached hydrogens (tertiary/aromatic N) is 1. The Bertz CT molecular complexity index is 1210. The Hall–Kier alpha value is -2.96. The molecular weight excluding hydrogens is 511 g/mol. The molecule has 2 aromatic rings. The molecule has 2 unspecified atom stereocenters. The Morgan fingerprint density at radius 2 is 1.68 bits per heavy atom. The Morgan fingerprint density at radius 3 is 2.22 bits per heavy atom. The molecule has 2 heterocycles. The summed E-state index contributed by atoms with van der Waals surface area (Å²) in [5.41, 5.74) is 7.27. The highest BCUT2D eigenvalue weighted by Gasteiger charge is 2.44. The molecule has 2 saturated heterocycles. The van der Waals surface area contributed by atoms with Crippen molar-refractivity contribution in [2.75, 3.05) is 6.54 Å². The molecule has 2 aliphatic rings. The first-order chi connectivity index (χ1) is 17.4.